The second kappa shape index (κ2) is 5.17. The Kier molecular flexibility index (Phi) is 3.59. The summed E-state index contributed by atoms with van der Waals surface area (Å²) in [6.07, 6.45) is -4.44. The molecule has 0 fully saturated rings. The zero-order chi connectivity index (χ0) is 13.9. The predicted molar refractivity (Wildman–Crippen MR) is 65.3 cm³/mol. The zero-order valence-electron chi connectivity index (χ0n) is 10.0. The third-order valence-corrected chi connectivity index (χ3v) is 2.35. The molecule has 0 aliphatic heterocycles. The molecule has 6 heteroatoms. The van der Waals surface area contributed by atoms with Gasteiger partial charge in [-0.1, -0.05) is 18.2 Å². The Bertz CT molecular complexity index is 556. The fourth-order valence-electron chi connectivity index (χ4n) is 1.46. The summed E-state index contributed by atoms with van der Waals surface area (Å²) in [5.74, 6) is 0.419. The van der Waals surface area contributed by atoms with E-state index >= 15 is 0 Å². The van der Waals surface area contributed by atoms with E-state index in [4.69, 9.17) is 4.74 Å². The van der Waals surface area contributed by atoms with Crippen molar-refractivity contribution in [2.45, 2.75) is 6.18 Å². The number of pyridine rings is 1. The number of para-hydroxylation sites is 1. The first kappa shape index (κ1) is 13.2. The number of hydrogen-bond acceptors (Lipinski definition) is 3. The van der Waals surface area contributed by atoms with Crippen LogP contribution in [0.2, 0.25) is 0 Å². The molecule has 2 rings (SSSR count). The lowest BCUT2D eigenvalue weighted by molar-refractivity contribution is -0.137. The van der Waals surface area contributed by atoms with Crippen LogP contribution in [0.25, 0.3) is 0 Å². The molecule has 1 aromatic carbocycles. The van der Waals surface area contributed by atoms with Crippen molar-refractivity contribution < 1.29 is 17.9 Å². The zero-order valence-corrected chi connectivity index (χ0v) is 10.0. The monoisotopic (exact) mass is 268 g/mol. The molecule has 0 saturated heterocycles. The lowest BCUT2D eigenvalue weighted by atomic mass is 10.2. The quantitative estimate of drug-likeness (QED) is 0.915. The van der Waals surface area contributed by atoms with E-state index in [1.54, 1.807) is 30.3 Å². The normalized spacial score (nSPS) is 11.2. The number of nitrogens with one attached hydrogen (secondary N) is 1. The van der Waals surface area contributed by atoms with Crippen molar-refractivity contribution in [2.75, 3.05) is 12.4 Å². The number of benzene rings is 1. The Morgan fingerprint density at radius 2 is 1.79 bits per heavy atom. The average molecular weight is 268 g/mol. The Hall–Kier alpha value is -2.24. The minimum Gasteiger partial charge on any atom is -0.439 e. The fourth-order valence-corrected chi connectivity index (χ4v) is 1.46. The highest BCUT2D eigenvalue weighted by molar-refractivity contribution is 5.43. The average Bonchev–Trinajstić information content (AvgIpc) is 2.38. The van der Waals surface area contributed by atoms with E-state index in [0.29, 0.717) is 5.75 Å². The van der Waals surface area contributed by atoms with Gasteiger partial charge in [0.05, 0.1) is 5.56 Å². The van der Waals surface area contributed by atoms with Crippen LogP contribution >= 0.6 is 0 Å². The molecule has 3 nitrogen and oxygen atoms in total. The standard InChI is InChI=1S/C13H11F3N2O/c1-17-11-7-9(13(14,15)16)8-12(18-11)19-10-5-3-2-4-6-10/h2-8H,1H3,(H,17,18). The smallest absolute Gasteiger partial charge is 0.416 e. The van der Waals surface area contributed by atoms with Gasteiger partial charge in [0, 0.05) is 13.1 Å². The van der Waals surface area contributed by atoms with E-state index in [9.17, 15) is 13.2 Å². The van der Waals surface area contributed by atoms with E-state index in [1.807, 2.05) is 0 Å². The van der Waals surface area contributed by atoms with E-state index in [0.717, 1.165) is 12.1 Å². The molecule has 0 saturated carbocycles. The Labute approximate surface area is 108 Å². The largest absolute Gasteiger partial charge is 0.439 e. The number of halogens is 3. The van der Waals surface area contributed by atoms with Crippen LogP contribution in [0.4, 0.5) is 19.0 Å². The summed E-state index contributed by atoms with van der Waals surface area (Å²) >= 11 is 0. The summed E-state index contributed by atoms with van der Waals surface area (Å²) < 4.78 is 43.4. The van der Waals surface area contributed by atoms with Crippen LogP contribution in [0.15, 0.2) is 42.5 Å². The molecule has 0 bridgehead atoms. The van der Waals surface area contributed by atoms with Gasteiger partial charge < -0.3 is 10.1 Å². The van der Waals surface area contributed by atoms with Crippen LogP contribution in [0.5, 0.6) is 11.6 Å². The highest BCUT2D eigenvalue weighted by Gasteiger charge is 2.32. The summed E-state index contributed by atoms with van der Waals surface area (Å²) in [7, 11) is 1.49. The van der Waals surface area contributed by atoms with Crippen molar-refractivity contribution >= 4 is 5.82 Å². The van der Waals surface area contributed by atoms with Gasteiger partial charge in [-0.05, 0) is 18.2 Å². The van der Waals surface area contributed by atoms with E-state index in [1.165, 1.54) is 7.05 Å². The molecule has 19 heavy (non-hydrogen) atoms. The number of hydrogen-bond donors (Lipinski definition) is 1. The number of nitrogens with zero attached hydrogens (tertiary/aromatic N) is 1. The molecule has 1 heterocycles. The number of ether oxygens (including phenoxy) is 1. The van der Waals surface area contributed by atoms with Crippen LogP contribution in [0.3, 0.4) is 0 Å². The first-order valence-corrected chi connectivity index (χ1v) is 5.49. The van der Waals surface area contributed by atoms with Gasteiger partial charge in [-0.15, -0.1) is 0 Å². The molecule has 100 valence electrons. The maximum atomic E-state index is 12.7. The van der Waals surface area contributed by atoms with Gasteiger partial charge in [-0.2, -0.15) is 18.2 Å². The van der Waals surface area contributed by atoms with Gasteiger partial charge in [0.25, 0.3) is 0 Å². The lowest BCUT2D eigenvalue weighted by Gasteiger charge is -2.11. The highest BCUT2D eigenvalue weighted by Crippen LogP contribution is 2.33. The van der Waals surface area contributed by atoms with E-state index in [2.05, 4.69) is 10.3 Å². The Balaban J connectivity index is 2.35. The predicted octanol–water partition coefficient (Wildman–Crippen LogP) is 3.93. The number of alkyl halides is 3. The van der Waals surface area contributed by atoms with Gasteiger partial charge >= 0.3 is 6.18 Å². The van der Waals surface area contributed by atoms with Crippen molar-refractivity contribution in [3.8, 4) is 11.6 Å². The van der Waals surface area contributed by atoms with Crippen LogP contribution in [0, 0.1) is 0 Å². The topological polar surface area (TPSA) is 34.1 Å². The molecular weight excluding hydrogens is 257 g/mol. The SMILES string of the molecule is CNc1cc(C(F)(F)F)cc(Oc2ccccc2)n1. The van der Waals surface area contributed by atoms with Gasteiger partial charge in [-0.3, -0.25) is 0 Å². The van der Waals surface area contributed by atoms with Crippen molar-refractivity contribution in [1.82, 2.24) is 4.98 Å². The van der Waals surface area contributed by atoms with Crippen molar-refractivity contribution in [1.29, 1.82) is 0 Å². The van der Waals surface area contributed by atoms with Crippen LogP contribution in [-0.4, -0.2) is 12.0 Å². The molecule has 1 aromatic heterocycles. The molecule has 0 unspecified atom stereocenters. The van der Waals surface area contributed by atoms with Gasteiger partial charge in [-0.25, -0.2) is 0 Å². The summed E-state index contributed by atoms with van der Waals surface area (Å²) in [5, 5.41) is 2.57. The van der Waals surface area contributed by atoms with Gasteiger partial charge in [0.15, 0.2) is 0 Å². The summed E-state index contributed by atoms with van der Waals surface area (Å²) in [5.41, 5.74) is -0.808. The van der Waals surface area contributed by atoms with Crippen LogP contribution < -0.4 is 10.1 Å². The molecule has 1 N–H and O–H groups in total. The van der Waals surface area contributed by atoms with E-state index in [-0.39, 0.29) is 11.7 Å². The molecule has 0 radical (unpaired) electrons. The second-order valence-electron chi connectivity index (χ2n) is 3.74. The molecule has 0 spiro atoms. The minimum atomic E-state index is -4.44. The first-order chi connectivity index (χ1) is 8.99. The lowest BCUT2D eigenvalue weighted by Crippen LogP contribution is -2.07. The Morgan fingerprint density at radius 3 is 2.37 bits per heavy atom. The summed E-state index contributed by atoms with van der Waals surface area (Å²) in [6.45, 7) is 0. The van der Waals surface area contributed by atoms with Gasteiger partial charge in [0.1, 0.15) is 11.6 Å². The second-order valence-corrected chi connectivity index (χ2v) is 3.74. The van der Waals surface area contributed by atoms with Crippen molar-refractivity contribution in [3.05, 3.63) is 48.0 Å². The van der Waals surface area contributed by atoms with Crippen LogP contribution in [0.1, 0.15) is 5.56 Å². The minimum absolute atomic E-state index is 0.0979. The fraction of sp³-hybridized carbons (Fsp3) is 0.154. The maximum absolute atomic E-state index is 12.7. The first-order valence-electron chi connectivity index (χ1n) is 5.49. The highest BCUT2D eigenvalue weighted by atomic mass is 19.4. The summed E-state index contributed by atoms with van der Waals surface area (Å²) in [6, 6.07) is 10.3. The third-order valence-electron chi connectivity index (χ3n) is 2.35. The number of anilines is 1. The molecule has 0 aliphatic rings. The molecular formula is C13H11F3N2O. The molecule has 0 amide bonds. The number of rotatable bonds is 3. The van der Waals surface area contributed by atoms with Gasteiger partial charge in [0.2, 0.25) is 5.88 Å². The van der Waals surface area contributed by atoms with Crippen LogP contribution in [-0.2, 0) is 6.18 Å². The number of aromatic nitrogens is 1. The molecule has 0 aliphatic carbocycles. The maximum Gasteiger partial charge on any atom is 0.416 e. The summed E-state index contributed by atoms with van der Waals surface area (Å²) in [4.78, 5) is 3.93. The van der Waals surface area contributed by atoms with Crippen molar-refractivity contribution in [3.63, 3.8) is 0 Å². The molecule has 2 aromatic rings. The van der Waals surface area contributed by atoms with E-state index < -0.39 is 11.7 Å². The third kappa shape index (κ3) is 3.37. The molecule has 0 atom stereocenters. The van der Waals surface area contributed by atoms with Crippen molar-refractivity contribution in [2.24, 2.45) is 0 Å². The Morgan fingerprint density at radius 1 is 1.11 bits per heavy atom.